The molecule has 140 valence electrons. The third kappa shape index (κ3) is 4.55. The van der Waals surface area contributed by atoms with Crippen LogP contribution in [-0.2, 0) is 19.0 Å². The van der Waals surface area contributed by atoms with E-state index in [4.69, 9.17) is 28.4 Å². The summed E-state index contributed by atoms with van der Waals surface area (Å²) in [6, 6.07) is 3.61. The highest BCUT2D eigenvalue weighted by Gasteiger charge is 2.37. The normalized spacial score (nSPS) is 19.5. The number of rotatable bonds is 9. The van der Waals surface area contributed by atoms with Crippen LogP contribution in [0.4, 0.5) is 0 Å². The Bertz CT molecular complexity index is 573. The first kappa shape index (κ1) is 19.3. The zero-order valence-electron chi connectivity index (χ0n) is 15.2. The van der Waals surface area contributed by atoms with Gasteiger partial charge in [-0.2, -0.15) is 0 Å². The fourth-order valence-corrected chi connectivity index (χ4v) is 3.27. The Hall–Kier alpha value is -1.99. The molecule has 1 saturated carbocycles. The number of benzene rings is 1. The molecular weight excluding hydrogens is 328 g/mol. The maximum atomic E-state index is 12.2. The summed E-state index contributed by atoms with van der Waals surface area (Å²) < 4.78 is 31.8. The number of ether oxygens (including phenoxy) is 6. The van der Waals surface area contributed by atoms with Gasteiger partial charge in [0.1, 0.15) is 5.75 Å². The zero-order valence-corrected chi connectivity index (χ0v) is 15.2. The molecule has 0 N–H and O–H groups in total. The highest BCUT2D eigenvalue weighted by Crippen LogP contribution is 2.48. The number of hydrogen-bond donors (Lipinski definition) is 0. The minimum absolute atomic E-state index is 0.0284. The van der Waals surface area contributed by atoms with Crippen molar-refractivity contribution in [2.45, 2.75) is 25.2 Å². The molecule has 7 heteroatoms. The molecule has 2 rings (SSSR count). The Morgan fingerprint density at radius 3 is 2.40 bits per heavy atom. The average Bonchev–Trinajstić information content (AvgIpc) is 3.13. The van der Waals surface area contributed by atoms with Gasteiger partial charge >= 0.3 is 5.97 Å². The standard InChI is InChI=1S/C18H26O7/c1-20-10-24-12-8-15(13-6-5-7-14(13)18(19)23-4)17(25-11-21-2)16(9-12)22-3/h8-9,13-14H,5-7,10-11H2,1-4H3. The number of esters is 1. The highest BCUT2D eigenvalue weighted by molar-refractivity contribution is 5.74. The molecule has 1 aliphatic carbocycles. The summed E-state index contributed by atoms with van der Waals surface area (Å²) in [4.78, 5) is 12.2. The lowest BCUT2D eigenvalue weighted by molar-refractivity contribution is -0.145. The van der Waals surface area contributed by atoms with Crippen LogP contribution in [0.2, 0.25) is 0 Å². The molecule has 0 aromatic heterocycles. The summed E-state index contributed by atoms with van der Waals surface area (Å²) in [7, 11) is 6.08. The van der Waals surface area contributed by atoms with Crippen molar-refractivity contribution in [1.29, 1.82) is 0 Å². The maximum absolute atomic E-state index is 12.2. The van der Waals surface area contributed by atoms with Gasteiger partial charge in [0, 0.05) is 31.8 Å². The molecule has 2 unspecified atom stereocenters. The van der Waals surface area contributed by atoms with Gasteiger partial charge in [-0.25, -0.2) is 0 Å². The van der Waals surface area contributed by atoms with Crippen LogP contribution in [-0.4, -0.2) is 48.0 Å². The van der Waals surface area contributed by atoms with Crippen LogP contribution in [0.3, 0.4) is 0 Å². The summed E-state index contributed by atoms with van der Waals surface area (Å²) >= 11 is 0. The topological polar surface area (TPSA) is 72.5 Å². The van der Waals surface area contributed by atoms with E-state index in [-0.39, 0.29) is 31.4 Å². The molecule has 1 aromatic carbocycles. The lowest BCUT2D eigenvalue weighted by Crippen LogP contribution is -2.20. The van der Waals surface area contributed by atoms with Gasteiger partial charge in [-0.1, -0.05) is 6.42 Å². The van der Waals surface area contributed by atoms with E-state index < -0.39 is 0 Å². The van der Waals surface area contributed by atoms with Crippen molar-refractivity contribution in [3.8, 4) is 17.2 Å². The zero-order chi connectivity index (χ0) is 18.2. The molecule has 2 atom stereocenters. The summed E-state index contributed by atoms with van der Waals surface area (Å²) in [6.45, 7) is 0.198. The smallest absolute Gasteiger partial charge is 0.309 e. The second kappa shape index (κ2) is 9.48. The van der Waals surface area contributed by atoms with E-state index in [1.807, 2.05) is 6.07 Å². The van der Waals surface area contributed by atoms with Gasteiger partial charge in [0.05, 0.1) is 20.1 Å². The first-order valence-electron chi connectivity index (χ1n) is 8.19. The minimum Gasteiger partial charge on any atom is -0.493 e. The maximum Gasteiger partial charge on any atom is 0.309 e. The van der Waals surface area contributed by atoms with E-state index in [2.05, 4.69) is 0 Å². The highest BCUT2D eigenvalue weighted by atomic mass is 16.7. The van der Waals surface area contributed by atoms with Gasteiger partial charge in [-0.05, 0) is 18.9 Å². The van der Waals surface area contributed by atoms with Gasteiger partial charge in [0.25, 0.3) is 0 Å². The first-order valence-corrected chi connectivity index (χ1v) is 8.19. The minimum atomic E-state index is -0.211. The molecule has 0 spiro atoms. The SMILES string of the molecule is COCOc1cc(OC)c(OCOC)c(C2CCCC2C(=O)OC)c1. The molecular formula is C18H26O7. The van der Waals surface area contributed by atoms with E-state index in [0.29, 0.717) is 17.2 Å². The van der Waals surface area contributed by atoms with Gasteiger partial charge in [-0.3, -0.25) is 4.79 Å². The molecule has 0 bridgehead atoms. The second-order valence-corrected chi connectivity index (χ2v) is 5.81. The molecule has 25 heavy (non-hydrogen) atoms. The van der Waals surface area contributed by atoms with E-state index >= 15 is 0 Å². The van der Waals surface area contributed by atoms with Crippen molar-refractivity contribution in [2.24, 2.45) is 5.92 Å². The molecule has 1 aliphatic rings. The molecule has 0 saturated heterocycles. The van der Waals surface area contributed by atoms with Crippen LogP contribution in [0.5, 0.6) is 17.2 Å². The van der Waals surface area contributed by atoms with Crippen LogP contribution < -0.4 is 14.2 Å². The monoisotopic (exact) mass is 354 g/mol. The molecule has 0 aliphatic heterocycles. The van der Waals surface area contributed by atoms with Crippen LogP contribution in [0.25, 0.3) is 0 Å². The van der Waals surface area contributed by atoms with E-state index in [1.54, 1.807) is 27.4 Å². The van der Waals surface area contributed by atoms with Crippen molar-refractivity contribution in [3.05, 3.63) is 17.7 Å². The fraction of sp³-hybridized carbons (Fsp3) is 0.611. The van der Waals surface area contributed by atoms with Crippen LogP contribution >= 0.6 is 0 Å². The van der Waals surface area contributed by atoms with Gasteiger partial charge in [0.2, 0.25) is 0 Å². The van der Waals surface area contributed by atoms with Crippen molar-refractivity contribution in [1.82, 2.24) is 0 Å². The third-order valence-electron chi connectivity index (χ3n) is 4.36. The largest absolute Gasteiger partial charge is 0.493 e. The number of carbonyl (C=O) groups excluding carboxylic acids is 1. The quantitative estimate of drug-likeness (QED) is 0.499. The lowest BCUT2D eigenvalue weighted by atomic mass is 9.88. The predicted molar refractivity (Wildman–Crippen MR) is 90.1 cm³/mol. The Morgan fingerprint density at radius 1 is 1.04 bits per heavy atom. The van der Waals surface area contributed by atoms with Crippen molar-refractivity contribution in [2.75, 3.05) is 42.0 Å². The van der Waals surface area contributed by atoms with Crippen molar-refractivity contribution in [3.63, 3.8) is 0 Å². The summed E-state index contributed by atoms with van der Waals surface area (Å²) in [5.41, 5.74) is 0.857. The second-order valence-electron chi connectivity index (χ2n) is 5.81. The molecule has 0 amide bonds. The molecule has 0 heterocycles. The summed E-state index contributed by atoms with van der Waals surface area (Å²) in [5, 5.41) is 0. The molecule has 1 fully saturated rings. The van der Waals surface area contributed by atoms with Gasteiger partial charge in [0.15, 0.2) is 25.1 Å². The van der Waals surface area contributed by atoms with E-state index in [9.17, 15) is 4.79 Å². The third-order valence-corrected chi connectivity index (χ3v) is 4.36. The summed E-state index contributed by atoms with van der Waals surface area (Å²) in [6.07, 6.45) is 2.59. The molecule has 7 nitrogen and oxygen atoms in total. The first-order chi connectivity index (χ1) is 12.2. The predicted octanol–water partition coefficient (Wildman–Crippen LogP) is 2.72. The fourth-order valence-electron chi connectivity index (χ4n) is 3.27. The van der Waals surface area contributed by atoms with Crippen LogP contribution in [0, 0.1) is 5.92 Å². The van der Waals surface area contributed by atoms with Gasteiger partial charge in [-0.15, -0.1) is 0 Å². The molecule has 0 radical (unpaired) electrons. The van der Waals surface area contributed by atoms with Crippen molar-refractivity contribution < 1.29 is 33.2 Å². The lowest BCUT2D eigenvalue weighted by Gasteiger charge is -2.23. The number of methoxy groups -OCH3 is 4. The molecule has 1 aromatic rings. The Labute approximate surface area is 148 Å². The van der Waals surface area contributed by atoms with E-state index in [0.717, 1.165) is 24.8 Å². The van der Waals surface area contributed by atoms with Gasteiger partial charge < -0.3 is 28.4 Å². The Morgan fingerprint density at radius 2 is 1.76 bits per heavy atom. The Balaban J connectivity index is 2.44. The Kier molecular flexibility index (Phi) is 7.33. The van der Waals surface area contributed by atoms with E-state index in [1.165, 1.54) is 7.11 Å². The number of carbonyl (C=O) groups is 1. The van der Waals surface area contributed by atoms with Crippen LogP contribution in [0.15, 0.2) is 12.1 Å². The van der Waals surface area contributed by atoms with Crippen molar-refractivity contribution >= 4 is 5.97 Å². The number of hydrogen-bond acceptors (Lipinski definition) is 7. The average molecular weight is 354 g/mol. The van der Waals surface area contributed by atoms with Crippen LogP contribution in [0.1, 0.15) is 30.7 Å². The summed E-state index contributed by atoms with van der Waals surface area (Å²) in [5.74, 6) is 1.24.